The highest BCUT2D eigenvalue weighted by molar-refractivity contribution is 7.99. The van der Waals surface area contributed by atoms with E-state index in [1.807, 2.05) is 34.9 Å². The van der Waals surface area contributed by atoms with E-state index in [2.05, 4.69) is 25.7 Å². The van der Waals surface area contributed by atoms with Gasteiger partial charge in [0.1, 0.15) is 11.8 Å². The Morgan fingerprint density at radius 1 is 1.24 bits per heavy atom. The van der Waals surface area contributed by atoms with Crippen LogP contribution in [0.2, 0.25) is 0 Å². The Kier molecular flexibility index (Phi) is 4.22. The number of nitrogens with zero attached hydrogens (tertiary/aromatic N) is 5. The number of benzene rings is 1. The lowest BCUT2D eigenvalue weighted by atomic mass is 10.3. The van der Waals surface area contributed by atoms with Gasteiger partial charge in [-0.1, -0.05) is 41.3 Å². The lowest BCUT2D eigenvalue weighted by Gasteiger charge is -2.05. The van der Waals surface area contributed by atoms with Crippen LogP contribution in [0.4, 0.5) is 5.13 Å². The van der Waals surface area contributed by atoms with Gasteiger partial charge in [0.2, 0.25) is 11.0 Å². The van der Waals surface area contributed by atoms with Crippen LogP contribution in [0.15, 0.2) is 47.3 Å². The molecule has 0 aliphatic heterocycles. The van der Waals surface area contributed by atoms with Crippen LogP contribution >= 0.6 is 23.1 Å². The third-order valence-corrected chi connectivity index (χ3v) is 4.04. The van der Waals surface area contributed by atoms with Gasteiger partial charge in [-0.2, -0.15) is 0 Å². The van der Waals surface area contributed by atoms with E-state index in [-0.39, 0.29) is 11.7 Å². The number of carbonyl (C=O) groups is 1. The molecule has 2 aromatic heterocycles. The Balaban J connectivity index is 1.64. The molecule has 0 saturated carbocycles. The summed E-state index contributed by atoms with van der Waals surface area (Å²) >= 11 is 2.59. The molecule has 9 heteroatoms. The highest BCUT2D eigenvalue weighted by Gasteiger charge is 2.11. The average molecular weight is 318 g/mol. The van der Waals surface area contributed by atoms with Gasteiger partial charge in [0, 0.05) is 5.69 Å². The molecule has 2 heterocycles. The number of hydrogen-bond acceptors (Lipinski definition) is 7. The zero-order chi connectivity index (χ0) is 14.5. The standard InChI is InChI=1S/C12H10N6OS2/c19-10(15-11-16-14-8-21-11)6-20-12-17-13-7-18(12)9-4-2-1-3-5-9/h1-5,7-8H,6H2,(H,15,16,19). The Bertz CT molecular complexity index is 712. The fourth-order valence-electron chi connectivity index (χ4n) is 1.60. The van der Waals surface area contributed by atoms with Crippen LogP contribution in [0.25, 0.3) is 5.69 Å². The van der Waals surface area contributed by atoms with Crippen LogP contribution in [-0.2, 0) is 4.79 Å². The van der Waals surface area contributed by atoms with Crippen molar-refractivity contribution in [3.8, 4) is 5.69 Å². The summed E-state index contributed by atoms with van der Waals surface area (Å²) in [5.74, 6) is 0.0739. The van der Waals surface area contributed by atoms with Crippen LogP contribution in [0.1, 0.15) is 0 Å². The van der Waals surface area contributed by atoms with Gasteiger partial charge >= 0.3 is 0 Å². The topological polar surface area (TPSA) is 85.6 Å². The highest BCUT2D eigenvalue weighted by atomic mass is 32.2. The molecule has 0 unspecified atom stereocenters. The number of rotatable bonds is 5. The molecule has 3 aromatic rings. The molecule has 1 aromatic carbocycles. The Morgan fingerprint density at radius 3 is 2.86 bits per heavy atom. The van der Waals surface area contributed by atoms with E-state index in [0.717, 1.165) is 5.69 Å². The first kappa shape index (κ1) is 13.7. The van der Waals surface area contributed by atoms with Gasteiger partial charge in [-0.25, -0.2) is 0 Å². The van der Waals surface area contributed by atoms with E-state index in [1.165, 1.54) is 23.1 Å². The average Bonchev–Trinajstić information content (AvgIpc) is 3.17. The van der Waals surface area contributed by atoms with Crippen molar-refractivity contribution in [1.29, 1.82) is 0 Å². The third-order valence-electron chi connectivity index (χ3n) is 2.49. The number of hydrogen-bond donors (Lipinski definition) is 1. The van der Waals surface area contributed by atoms with Gasteiger partial charge in [-0.05, 0) is 12.1 Å². The summed E-state index contributed by atoms with van der Waals surface area (Å²) < 4.78 is 1.84. The maximum absolute atomic E-state index is 11.8. The highest BCUT2D eigenvalue weighted by Crippen LogP contribution is 2.19. The predicted octanol–water partition coefficient (Wildman–Crippen LogP) is 1.85. The number of para-hydroxylation sites is 1. The molecule has 0 fully saturated rings. The second kappa shape index (κ2) is 6.46. The van der Waals surface area contributed by atoms with Crippen LogP contribution in [-0.4, -0.2) is 36.6 Å². The second-order valence-corrected chi connectivity index (χ2v) is 5.68. The van der Waals surface area contributed by atoms with Crippen molar-refractivity contribution < 1.29 is 4.79 Å². The molecule has 0 radical (unpaired) electrons. The first-order valence-electron chi connectivity index (χ1n) is 5.97. The molecule has 21 heavy (non-hydrogen) atoms. The number of amides is 1. The van der Waals surface area contributed by atoms with Crippen molar-refractivity contribution in [3.63, 3.8) is 0 Å². The molecular weight excluding hydrogens is 308 g/mol. The largest absolute Gasteiger partial charge is 0.300 e. The molecule has 106 valence electrons. The molecule has 0 atom stereocenters. The molecule has 1 N–H and O–H groups in total. The Hall–Kier alpha value is -2.26. The number of aromatic nitrogens is 5. The minimum atomic E-state index is -0.153. The molecule has 7 nitrogen and oxygen atoms in total. The monoisotopic (exact) mass is 318 g/mol. The zero-order valence-corrected chi connectivity index (χ0v) is 12.3. The molecule has 0 aliphatic rings. The van der Waals surface area contributed by atoms with Crippen molar-refractivity contribution in [2.75, 3.05) is 11.1 Å². The normalized spacial score (nSPS) is 10.5. The van der Waals surface area contributed by atoms with Crippen molar-refractivity contribution in [2.45, 2.75) is 5.16 Å². The lowest BCUT2D eigenvalue weighted by molar-refractivity contribution is -0.113. The maximum atomic E-state index is 11.8. The molecule has 0 bridgehead atoms. The van der Waals surface area contributed by atoms with Gasteiger partial charge in [-0.15, -0.1) is 20.4 Å². The van der Waals surface area contributed by atoms with Gasteiger partial charge in [0.15, 0.2) is 5.16 Å². The molecule has 1 amide bonds. The fourth-order valence-corrected chi connectivity index (χ4v) is 2.79. The smallest absolute Gasteiger partial charge is 0.236 e. The molecule has 0 saturated heterocycles. The number of carbonyl (C=O) groups excluding carboxylic acids is 1. The fraction of sp³-hybridized carbons (Fsp3) is 0.0833. The summed E-state index contributed by atoms with van der Waals surface area (Å²) in [6.07, 6.45) is 1.63. The second-order valence-electron chi connectivity index (χ2n) is 3.90. The van der Waals surface area contributed by atoms with Crippen LogP contribution in [0, 0.1) is 0 Å². The third kappa shape index (κ3) is 3.44. The van der Waals surface area contributed by atoms with Crippen molar-refractivity contribution in [3.05, 3.63) is 42.2 Å². The van der Waals surface area contributed by atoms with E-state index in [4.69, 9.17) is 0 Å². The Labute approximate surface area is 128 Å². The molecule has 3 rings (SSSR count). The van der Waals surface area contributed by atoms with Crippen LogP contribution < -0.4 is 5.32 Å². The minimum absolute atomic E-state index is 0.153. The molecule has 0 spiro atoms. The molecular formula is C12H10N6OS2. The van der Waals surface area contributed by atoms with Gasteiger partial charge in [-0.3, -0.25) is 14.7 Å². The van der Waals surface area contributed by atoms with E-state index >= 15 is 0 Å². The van der Waals surface area contributed by atoms with E-state index in [9.17, 15) is 4.79 Å². The summed E-state index contributed by atoms with van der Waals surface area (Å²) in [4.78, 5) is 11.8. The van der Waals surface area contributed by atoms with Gasteiger partial charge in [0.05, 0.1) is 5.75 Å². The van der Waals surface area contributed by atoms with E-state index in [0.29, 0.717) is 10.3 Å². The van der Waals surface area contributed by atoms with Crippen molar-refractivity contribution >= 4 is 34.1 Å². The van der Waals surface area contributed by atoms with E-state index in [1.54, 1.807) is 11.8 Å². The summed E-state index contributed by atoms with van der Waals surface area (Å²) in [5, 5.41) is 19.2. The van der Waals surface area contributed by atoms with Crippen molar-refractivity contribution in [2.24, 2.45) is 0 Å². The minimum Gasteiger partial charge on any atom is -0.300 e. The van der Waals surface area contributed by atoms with Crippen molar-refractivity contribution in [1.82, 2.24) is 25.0 Å². The Morgan fingerprint density at radius 2 is 2.10 bits per heavy atom. The molecule has 0 aliphatic carbocycles. The summed E-state index contributed by atoms with van der Waals surface area (Å²) in [5.41, 5.74) is 2.52. The van der Waals surface area contributed by atoms with Crippen LogP contribution in [0.3, 0.4) is 0 Å². The van der Waals surface area contributed by atoms with E-state index < -0.39 is 0 Å². The maximum Gasteiger partial charge on any atom is 0.236 e. The summed E-state index contributed by atoms with van der Waals surface area (Å²) in [6, 6.07) is 9.72. The SMILES string of the molecule is O=C(CSc1nncn1-c1ccccc1)Nc1nncs1. The predicted molar refractivity (Wildman–Crippen MR) is 80.6 cm³/mol. The van der Waals surface area contributed by atoms with Gasteiger partial charge in [0.25, 0.3) is 0 Å². The number of thioether (sulfide) groups is 1. The zero-order valence-electron chi connectivity index (χ0n) is 10.7. The summed E-state index contributed by atoms with van der Waals surface area (Å²) in [7, 11) is 0. The first-order valence-corrected chi connectivity index (χ1v) is 7.84. The first-order chi connectivity index (χ1) is 10.3. The lowest BCUT2D eigenvalue weighted by Crippen LogP contribution is -2.14. The number of nitrogens with one attached hydrogen (secondary N) is 1. The quantitative estimate of drug-likeness (QED) is 0.723. The summed E-state index contributed by atoms with van der Waals surface area (Å²) in [6.45, 7) is 0. The number of anilines is 1. The van der Waals surface area contributed by atoms with Gasteiger partial charge < -0.3 is 0 Å². The van der Waals surface area contributed by atoms with Crippen LogP contribution in [0.5, 0.6) is 0 Å².